The SMILES string of the molecule is COc1ncnc2c1nc(N)n2-c1ccc(F)c(F)c1. The van der Waals surface area contributed by atoms with Crippen molar-refractivity contribution in [2.75, 3.05) is 12.8 Å². The molecular weight excluding hydrogens is 268 g/mol. The quantitative estimate of drug-likeness (QED) is 0.771. The first kappa shape index (κ1) is 12.3. The molecule has 0 unspecified atom stereocenters. The molecule has 0 aliphatic carbocycles. The average Bonchev–Trinajstić information content (AvgIpc) is 2.78. The predicted octanol–water partition coefficient (Wildman–Crippen LogP) is 1.68. The fourth-order valence-electron chi connectivity index (χ4n) is 1.92. The number of fused-ring (bicyclic) bond motifs is 1. The van der Waals surface area contributed by atoms with Gasteiger partial charge in [-0.15, -0.1) is 0 Å². The highest BCUT2D eigenvalue weighted by Gasteiger charge is 2.16. The molecule has 0 spiro atoms. The third kappa shape index (κ3) is 1.73. The van der Waals surface area contributed by atoms with Crippen LogP contribution in [0.3, 0.4) is 0 Å². The summed E-state index contributed by atoms with van der Waals surface area (Å²) in [5.41, 5.74) is 6.81. The van der Waals surface area contributed by atoms with E-state index in [4.69, 9.17) is 10.5 Å². The van der Waals surface area contributed by atoms with E-state index in [2.05, 4.69) is 15.0 Å². The van der Waals surface area contributed by atoms with Crippen LogP contribution in [0.25, 0.3) is 16.9 Å². The molecule has 2 N–H and O–H groups in total. The molecule has 3 rings (SSSR count). The molecule has 0 fully saturated rings. The van der Waals surface area contributed by atoms with Crippen molar-refractivity contribution < 1.29 is 13.5 Å². The van der Waals surface area contributed by atoms with Crippen molar-refractivity contribution in [1.82, 2.24) is 19.5 Å². The summed E-state index contributed by atoms with van der Waals surface area (Å²) in [6.45, 7) is 0. The van der Waals surface area contributed by atoms with Crippen molar-refractivity contribution in [3.63, 3.8) is 0 Å². The molecule has 0 aliphatic heterocycles. The van der Waals surface area contributed by atoms with Crippen LogP contribution < -0.4 is 10.5 Å². The first-order valence-corrected chi connectivity index (χ1v) is 5.60. The Hall–Kier alpha value is -2.77. The number of anilines is 1. The Morgan fingerprint density at radius 3 is 2.70 bits per heavy atom. The predicted molar refractivity (Wildman–Crippen MR) is 67.5 cm³/mol. The fourth-order valence-corrected chi connectivity index (χ4v) is 1.92. The molecule has 0 atom stereocenters. The number of halogens is 2. The second-order valence-corrected chi connectivity index (χ2v) is 3.96. The van der Waals surface area contributed by atoms with Gasteiger partial charge in [-0.25, -0.2) is 18.7 Å². The van der Waals surface area contributed by atoms with E-state index in [1.165, 1.54) is 24.1 Å². The van der Waals surface area contributed by atoms with Crippen LogP contribution in [-0.2, 0) is 0 Å². The van der Waals surface area contributed by atoms with Gasteiger partial charge in [0, 0.05) is 6.07 Å². The average molecular weight is 277 g/mol. The minimum Gasteiger partial charge on any atom is -0.479 e. The normalized spacial score (nSPS) is 10.9. The van der Waals surface area contributed by atoms with Crippen molar-refractivity contribution in [2.45, 2.75) is 0 Å². The van der Waals surface area contributed by atoms with Crippen LogP contribution in [0.4, 0.5) is 14.7 Å². The van der Waals surface area contributed by atoms with Crippen LogP contribution in [0.1, 0.15) is 0 Å². The largest absolute Gasteiger partial charge is 0.479 e. The summed E-state index contributed by atoms with van der Waals surface area (Å²) in [5, 5.41) is 0. The number of rotatable bonds is 2. The van der Waals surface area contributed by atoms with Gasteiger partial charge in [-0.05, 0) is 12.1 Å². The number of aromatic nitrogens is 4. The van der Waals surface area contributed by atoms with Crippen molar-refractivity contribution >= 4 is 17.1 Å². The lowest BCUT2D eigenvalue weighted by molar-refractivity contribution is 0.401. The number of nitrogens with two attached hydrogens (primary N) is 1. The maximum Gasteiger partial charge on any atom is 0.245 e. The van der Waals surface area contributed by atoms with E-state index in [-0.39, 0.29) is 11.8 Å². The maximum atomic E-state index is 13.3. The van der Waals surface area contributed by atoms with Crippen LogP contribution in [-0.4, -0.2) is 26.6 Å². The molecule has 0 saturated carbocycles. The van der Waals surface area contributed by atoms with Crippen LogP contribution in [0.2, 0.25) is 0 Å². The number of imidazole rings is 1. The zero-order valence-corrected chi connectivity index (χ0v) is 10.3. The van der Waals surface area contributed by atoms with E-state index < -0.39 is 11.6 Å². The van der Waals surface area contributed by atoms with Gasteiger partial charge in [0.15, 0.2) is 22.8 Å². The molecule has 2 aromatic heterocycles. The summed E-state index contributed by atoms with van der Waals surface area (Å²) in [5.74, 6) is -1.60. The molecule has 20 heavy (non-hydrogen) atoms. The van der Waals surface area contributed by atoms with E-state index >= 15 is 0 Å². The zero-order chi connectivity index (χ0) is 14.3. The Morgan fingerprint density at radius 1 is 1.20 bits per heavy atom. The van der Waals surface area contributed by atoms with Gasteiger partial charge in [0.05, 0.1) is 12.8 Å². The Labute approximate surface area is 111 Å². The van der Waals surface area contributed by atoms with Crippen LogP contribution in [0.5, 0.6) is 5.88 Å². The first-order chi connectivity index (χ1) is 9.61. The van der Waals surface area contributed by atoms with Gasteiger partial charge in [-0.1, -0.05) is 0 Å². The lowest BCUT2D eigenvalue weighted by Gasteiger charge is -2.06. The van der Waals surface area contributed by atoms with Gasteiger partial charge in [0.1, 0.15) is 6.33 Å². The number of methoxy groups -OCH3 is 1. The minimum atomic E-state index is -0.982. The molecule has 0 saturated heterocycles. The monoisotopic (exact) mass is 277 g/mol. The smallest absolute Gasteiger partial charge is 0.245 e. The van der Waals surface area contributed by atoms with E-state index in [0.29, 0.717) is 16.9 Å². The van der Waals surface area contributed by atoms with Gasteiger partial charge in [-0.2, -0.15) is 4.98 Å². The van der Waals surface area contributed by atoms with E-state index in [1.54, 1.807) is 0 Å². The maximum absolute atomic E-state index is 13.3. The highest BCUT2D eigenvalue weighted by molar-refractivity contribution is 5.81. The summed E-state index contributed by atoms with van der Waals surface area (Å²) in [4.78, 5) is 12.0. The summed E-state index contributed by atoms with van der Waals surface area (Å²) in [7, 11) is 1.44. The lowest BCUT2D eigenvalue weighted by Crippen LogP contribution is -2.02. The van der Waals surface area contributed by atoms with Gasteiger partial charge in [0.2, 0.25) is 11.8 Å². The van der Waals surface area contributed by atoms with Crippen LogP contribution >= 0.6 is 0 Å². The Bertz CT molecular complexity index is 802. The summed E-state index contributed by atoms with van der Waals surface area (Å²) >= 11 is 0. The standard InChI is InChI=1S/C12H9F2N5O/c1-20-11-9-10(16-5-17-11)19(12(15)18-9)6-2-3-7(13)8(14)4-6/h2-5H,1H3,(H2,15,18). The lowest BCUT2D eigenvalue weighted by atomic mass is 10.3. The summed E-state index contributed by atoms with van der Waals surface area (Å²) < 4.78 is 32.8. The van der Waals surface area contributed by atoms with Gasteiger partial charge in [0.25, 0.3) is 0 Å². The highest BCUT2D eigenvalue weighted by atomic mass is 19.2. The third-order valence-electron chi connectivity index (χ3n) is 2.79. The second-order valence-electron chi connectivity index (χ2n) is 3.96. The third-order valence-corrected chi connectivity index (χ3v) is 2.79. The number of nitrogens with zero attached hydrogens (tertiary/aromatic N) is 4. The number of hydrogen-bond acceptors (Lipinski definition) is 5. The van der Waals surface area contributed by atoms with E-state index in [0.717, 1.165) is 12.1 Å². The molecule has 0 bridgehead atoms. The number of ether oxygens (including phenoxy) is 1. The molecule has 6 nitrogen and oxygen atoms in total. The molecule has 0 radical (unpaired) electrons. The molecule has 8 heteroatoms. The van der Waals surface area contributed by atoms with Crippen LogP contribution in [0, 0.1) is 11.6 Å². The van der Waals surface area contributed by atoms with Crippen molar-refractivity contribution in [2.24, 2.45) is 0 Å². The first-order valence-electron chi connectivity index (χ1n) is 5.60. The summed E-state index contributed by atoms with van der Waals surface area (Å²) in [6.07, 6.45) is 1.28. The molecular formula is C12H9F2N5O. The molecule has 102 valence electrons. The minimum absolute atomic E-state index is 0.0739. The van der Waals surface area contributed by atoms with E-state index in [9.17, 15) is 8.78 Å². The number of nitrogen functional groups attached to an aromatic ring is 1. The fraction of sp³-hybridized carbons (Fsp3) is 0.0833. The zero-order valence-electron chi connectivity index (χ0n) is 10.3. The van der Waals surface area contributed by atoms with Gasteiger partial charge >= 0.3 is 0 Å². The van der Waals surface area contributed by atoms with Crippen molar-refractivity contribution in [3.05, 3.63) is 36.2 Å². The molecule has 2 heterocycles. The second kappa shape index (κ2) is 4.41. The Kier molecular flexibility index (Phi) is 2.70. The van der Waals surface area contributed by atoms with E-state index in [1.807, 2.05) is 0 Å². The summed E-state index contributed by atoms with van der Waals surface area (Å²) in [6, 6.07) is 3.40. The number of hydrogen-bond donors (Lipinski definition) is 1. The Morgan fingerprint density at radius 2 is 2.00 bits per heavy atom. The van der Waals surface area contributed by atoms with Gasteiger partial charge < -0.3 is 10.5 Å². The topological polar surface area (TPSA) is 78.8 Å². The van der Waals surface area contributed by atoms with Gasteiger partial charge in [-0.3, -0.25) is 4.57 Å². The molecule has 0 amide bonds. The van der Waals surface area contributed by atoms with Crippen LogP contribution in [0.15, 0.2) is 24.5 Å². The Balaban J connectivity index is 2.30. The molecule has 3 aromatic rings. The van der Waals surface area contributed by atoms with Crippen molar-refractivity contribution in [1.29, 1.82) is 0 Å². The molecule has 1 aromatic carbocycles. The van der Waals surface area contributed by atoms with Crippen molar-refractivity contribution in [3.8, 4) is 11.6 Å². The molecule has 0 aliphatic rings. The highest BCUT2D eigenvalue weighted by Crippen LogP contribution is 2.26. The number of benzene rings is 1.